The minimum absolute atomic E-state index is 0.0134. The molecule has 48 heavy (non-hydrogen) atoms. The molecule has 0 saturated heterocycles. The van der Waals surface area contributed by atoms with Crippen molar-refractivity contribution in [1.29, 1.82) is 0 Å². The van der Waals surface area contributed by atoms with Gasteiger partial charge < -0.3 is 10.6 Å². The summed E-state index contributed by atoms with van der Waals surface area (Å²) in [7, 11) is 0. The maximum Gasteiger partial charge on any atom is 0.108 e. The van der Waals surface area contributed by atoms with Crippen molar-refractivity contribution in [2.75, 3.05) is 10.6 Å². The van der Waals surface area contributed by atoms with Crippen molar-refractivity contribution >= 4 is 22.1 Å². The predicted octanol–water partition coefficient (Wildman–Crippen LogP) is 16.2. The second-order valence-corrected chi connectivity index (χ2v) is 15.9. The third kappa shape index (κ3) is 16.3. The number of anilines is 2. The maximum absolute atomic E-state index is 4.13. The van der Waals surface area contributed by atoms with Gasteiger partial charge in [0.25, 0.3) is 0 Å². The molecule has 0 unspecified atom stereocenters. The number of hydrogen-bond acceptors (Lipinski definition) is 2. The van der Waals surface area contributed by atoms with E-state index in [1.165, 1.54) is 233 Å². The third-order valence-corrected chi connectivity index (χ3v) is 11.4. The van der Waals surface area contributed by atoms with Gasteiger partial charge in [0.15, 0.2) is 0 Å². The molecule has 2 aromatic rings. The Morgan fingerprint density at radius 3 is 1.19 bits per heavy atom. The van der Waals surface area contributed by atoms with Gasteiger partial charge in [0.2, 0.25) is 0 Å². The van der Waals surface area contributed by atoms with E-state index in [9.17, 15) is 0 Å². The maximum atomic E-state index is 4.13. The Hall–Kier alpha value is -1.70. The van der Waals surface area contributed by atoms with Crippen molar-refractivity contribution in [3.63, 3.8) is 0 Å². The van der Waals surface area contributed by atoms with Crippen LogP contribution >= 0.6 is 0 Å². The van der Waals surface area contributed by atoms with Gasteiger partial charge in [-0.25, -0.2) is 0 Å². The van der Waals surface area contributed by atoms with Gasteiger partial charge in [-0.05, 0) is 49.6 Å². The van der Waals surface area contributed by atoms with Crippen LogP contribution in [0.2, 0.25) is 0 Å². The lowest BCUT2D eigenvalue weighted by Crippen LogP contribution is -2.48. The van der Waals surface area contributed by atoms with Crippen LogP contribution in [0.4, 0.5) is 11.4 Å². The molecule has 0 aromatic heterocycles. The zero-order chi connectivity index (χ0) is 34.0. The first-order valence-corrected chi connectivity index (χ1v) is 21.8. The molecule has 0 radical (unpaired) electrons. The summed E-state index contributed by atoms with van der Waals surface area (Å²) >= 11 is 0. The van der Waals surface area contributed by atoms with Gasteiger partial charge in [-0.2, -0.15) is 0 Å². The van der Waals surface area contributed by atoms with E-state index in [1.54, 1.807) is 0 Å². The van der Waals surface area contributed by atoms with Crippen molar-refractivity contribution in [2.45, 2.75) is 232 Å². The van der Waals surface area contributed by atoms with Crippen molar-refractivity contribution < 1.29 is 0 Å². The number of benzene rings is 2. The summed E-state index contributed by atoms with van der Waals surface area (Å²) in [4.78, 5) is 0. The Morgan fingerprint density at radius 1 is 0.417 bits per heavy atom. The van der Waals surface area contributed by atoms with Gasteiger partial charge >= 0.3 is 0 Å². The number of unbranched alkanes of at least 4 members (excludes halogenated alkanes) is 28. The fourth-order valence-electron chi connectivity index (χ4n) is 8.25. The monoisotopic (exact) mass is 661 g/mol. The fourth-order valence-corrected chi connectivity index (χ4v) is 8.25. The highest BCUT2D eigenvalue weighted by atomic mass is 15.2. The molecule has 2 N–H and O–H groups in total. The van der Waals surface area contributed by atoms with Crippen molar-refractivity contribution in [3.8, 4) is 0 Å². The molecule has 0 fully saturated rings. The van der Waals surface area contributed by atoms with Crippen LogP contribution in [-0.4, -0.2) is 5.66 Å². The Balaban J connectivity index is 1.32. The first-order chi connectivity index (χ1) is 23.7. The molecular formula is C46H80N2. The molecule has 2 nitrogen and oxygen atoms in total. The number of hydrogen-bond donors (Lipinski definition) is 2. The molecule has 0 amide bonds. The minimum Gasteiger partial charge on any atom is -0.362 e. The van der Waals surface area contributed by atoms with Gasteiger partial charge in [0, 0.05) is 16.8 Å². The summed E-state index contributed by atoms with van der Waals surface area (Å²) in [5.74, 6) is 0. The largest absolute Gasteiger partial charge is 0.362 e. The van der Waals surface area contributed by atoms with Crippen LogP contribution < -0.4 is 10.6 Å². The Labute approximate surface area is 299 Å². The topological polar surface area (TPSA) is 24.1 Å². The molecule has 274 valence electrons. The van der Waals surface area contributed by atoms with Gasteiger partial charge in [-0.15, -0.1) is 0 Å². The lowest BCUT2D eigenvalue weighted by atomic mass is 9.89. The molecule has 1 aliphatic heterocycles. The summed E-state index contributed by atoms with van der Waals surface area (Å²) in [6.07, 6.45) is 45.2. The number of rotatable bonds is 32. The average molecular weight is 661 g/mol. The summed E-state index contributed by atoms with van der Waals surface area (Å²) < 4.78 is 0. The number of nitrogens with one attached hydrogen (secondary N) is 2. The van der Waals surface area contributed by atoms with Gasteiger partial charge in [0.1, 0.15) is 5.66 Å². The summed E-state index contributed by atoms with van der Waals surface area (Å²) in [5.41, 5.74) is 4.09. The van der Waals surface area contributed by atoms with Crippen LogP contribution in [0, 0.1) is 6.92 Å². The van der Waals surface area contributed by atoms with Gasteiger partial charge in [0.05, 0.1) is 0 Å². The quantitative estimate of drug-likeness (QED) is 0.0763. The third-order valence-electron chi connectivity index (χ3n) is 11.4. The Morgan fingerprint density at radius 2 is 0.792 bits per heavy atom. The molecule has 0 aliphatic carbocycles. The lowest BCUT2D eigenvalue weighted by Gasteiger charge is -2.43. The van der Waals surface area contributed by atoms with Crippen LogP contribution in [-0.2, 0) is 0 Å². The predicted molar refractivity (Wildman–Crippen MR) is 218 cm³/mol. The molecular weight excluding hydrogens is 581 g/mol. The molecule has 0 spiro atoms. The highest BCUT2D eigenvalue weighted by molar-refractivity contribution is 6.06. The fraction of sp³-hybridized carbons (Fsp3) is 0.783. The van der Waals surface area contributed by atoms with Crippen LogP contribution in [0.25, 0.3) is 10.8 Å². The Bertz CT molecular complexity index is 1020. The summed E-state index contributed by atoms with van der Waals surface area (Å²) in [5, 5.41) is 11.0. The molecule has 2 heteroatoms. The highest BCUT2D eigenvalue weighted by Gasteiger charge is 2.34. The van der Waals surface area contributed by atoms with E-state index in [2.05, 4.69) is 61.7 Å². The van der Waals surface area contributed by atoms with E-state index >= 15 is 0 Å². The van der Waals surface area contributed by atoms with E-state index in [4.69, 9.17) is 0 Å². The van der Waals surface area contributed by atoms with Crippen molar-refractivity contribution in [3.05, 3.63) is 35.9 Å². The van der Waals surface area contributed by atoms with Crippen molar-refractivity contribution in [2.24, 2.45) is 0 Å². The smallest absolute Gasteiger partial charge is 0.108 e. The zero-order valence-electron chi connectivity index (χ0n) is 32.5. The second-order valence-electron chi connectivity index (χ2n) is 15.9. The van der Waals surface area contributed by atoms with E-state index in [0.717, 1.165) is 0 Å². The molecule has 0 bridgehead atoms. The van der Waals surface area contributed by atoms with E-state index < -0.39 is 0 Å². The summed E-state index contributed by atoms with van der Waals surface area (Å²) in [6, 6.07) is 11.4. The van der Waals surface area contributed by atoms with E-state index in [1.807, 2.05) is 0 Å². The van der Waals surface area contributed by atoms with E-state index in [0.29, 0.717) is 0 Å². The normalized spacial score (nSPS) is 13.6. The molecule has 2 aromatic carbocycles. The first kappa shape index (κ1) is 40.7. The van der Waals surface area contributed by atoms with Crippen LogP contribution in [0.1, 0.15) is 225 Å². The average Bonchev–Trinajstić information content (AvgIpc) is 3.10. The van der Waals surface area contributed by atoms with E-state index in [-0.39, 0.29) is 5.66 Å². The summed E-state index contributed by atoms with van der Waals surface area (Å²) in [6.45, 7) is 6.91. The second kappa shape index (κ2) is 26.2. The molecule has 3 rings (SSSR count). The molecule has 0 saturated carbocycles. The molecule has 0 atom stereocenters. The van der Waals surface area contributed by atoms with Crippen LogP contribution in [0.3, 0.4) is 0 Å². The first-order valence-electron chi connectivity index (χ1n) is 21.8. The standard InChI is InChI=1S/C46H80N2/c1-4-6-8-10-12-14-16-18-20-22-24-26-28-30-32-39-46(47-43-36-34-35-42-38-37-41(3)45(48-46)44(42)43)40-33-31-29-27-25-23-21-19-17-15-13-11-9-7-5-2/h34-38,47-48H,4-33,39-40H2,1-3H3. The molecule has 1 aliphatic rings. The molecule has 1 heterocycles. The Kier molecular flexibility index (Phi) is 22.2. The van der Waals surface area contributed by atoms with Gasteiger partial charge in [-0.3, -0.25) is 0 Å². The van der Waals surface area contributed by atoms with Crippen LogP contribution in [0.15, 0.2) is 30.3 Å². The van der Waals surface area contributed by atoms with Gasteiger partial charge in [-0.1, -0.05) is 218 Å². The zero-order valence-corrected chi connectivity index (χ0v) is 32.5. The highest BCUT2D eigenvalue weighted by Crippen LogP contribution is 2.43. The SMILES string of the molecule is CCCCCCCCCCCCCCCCCC1(CCCCCCCCCCCCCCCCC)Nc2cccc3ccc(C)c(c23)N1. The minimum atomic E-state index is -0.0134. The number of aryl methyl sites for hydroxylation is 1. The van der Waals surface area contributed by atoms with Crippen LogP contribution in [0.5, 0.6) is 0 Å². The van der Waals surface area contributed by atoms with Crippen molar-refractivity contribution in [1.82, 2.24) is 0 Å². The lowest BCUT2D eigenvalue weighted by molar-refractivity contribution is 0.401.